The van der Waals surface area contributed by atoms with Crippen LogP contribution in [0.25, 0.3) is 0 Å². The van der Waals surface area contributed by atoms with Crippen LogP contribution in [0.1, 0.15) is 39.4 Å². The molecule has 174 valence electrons. The average Bonchev–Trinajstić information content (AvgIpc) is 3.64. The molecule has 0 aliphatic heterocycles. The van der Waals surface area contributed by atoms with Crippen LogP contribution < -0.4 is 10.6 Å². The fraction of sp³-hybridized carbons (Fsp3) is 0.222. The minimum absolute atomic E-state index is 0.0193. The van der Waals surface area contributed by atoms with Gasteiger partial charge in [0.15, 0.2) is 6.61 Å². The molecule has 1 aliphatic rings. The number of benzene rings is 3. The van der Waals surface area contributed by atoms with E-state index in [1.54, 1.807) is 36.4 Å². The Hall–Kier alpha value is -4.00. The Bertz CT molecular complexity index is 1190. The van der Waals surface area contributed by atoms with E-state index in [9.17, 15) is 18.8 Å². The Kier molecular flexibility index (Phi) is 7.01. The first-order valence-electron chi connectivity index (χ1n) is 11.1. The molecule has 0 saturated heterocycles. The summed E-state index contributed by atoms with van der Waals surface area (Å²) in [6.07, 6.45) is 0.607. The maximum Gasteiger partial charge on any atom is 0.310 e. The van der Waals surface area contributed by atoms with Gasteiger partial charge in [-0.1, -0.05) is 54.1 Å². The minimum Gasteiger partial charge on any atom is -0.455 e. The molecule has 3 aromatic carbocycles. The van der Waals surface area contributed by atoms with Crippen LogP contribution >= 0.6 is 0 Å². The van der Waals surface area contributed by atoms with Crippen LogP contribution in [-0.4, -0.2) is 24.4 Å². The summed E-state index contributed by atoms with van der Waals surface area (Å²) >= 11 is 0. The Morgan fingerprint density at radius 2 is 1.68 bits per heavy atom. The number of carbonyl (C=O) groups is 3. The van der Waals surface area contributed by atoms with E-state index < -0.39 is 18.5 Å². The maximum atomic E-state index is 13.1. The average molecular weight is 461 g/mol. The Labute approximate surface area is 197 Å². The van der Waals surface area contributed by atoms with Crippen LogP contribution in [0.15, 0.2) is 72.8 Å². The van der Waals surface area contributed by atoms with E-state index in [1.165, 1.54) is 12.1 Å². The van der Waals surface area contributed by atoms with Crippen molar-refractivity contribution in [2.24, 2.45) is 5.92 Å². The smallest absolute Gasteiger partial charge is 0.310 e. The summed E-state index contributed by atoms with van der Waals surface area (Å²) in [6, 6.07) is 20.5. The van der Waals surface area contributed by atoms with E-state index >= 15 is 0 Å². The van der Waals surface area contributed by atoms with Crippen molar-refractivity contribution in [1.82, 2.24) is 5.32 Å². The number of rotatable bonds is 8. The molecule has 1 saturated carbocycles. The lowest BCUT2D eigenvalue weighted by Crippen LogP contribution is -2.26. The number of aryl methyl sites for hydroxylation is 1. The van der Waals surface area contributed by atoms with Crippen molar-refractivity contribution in [3.63, 3.8) is 0 Å². The molecule has 6 nitrogen and oxygen atoms in total. The fourth-order valence-electron chi connectivity index (χ4n) is 3.74. The molecular formula is C27H25FN2O4. The Balaban J connectivity index is 1.28. The normalized spacial score (nSPS) is 16.4. The highest BCUT2D eigenvalue weighted by atomic mass is 19.1. The molecule has 3 aromatic rings. The van der Waals surface area contributed by atoms with E-state index in [-0.39, 0.29) is 23.6 Å². The van der Waals surface area contributed by atoms with Crippen molar-refractivity contribution < 1.29 is 23.5 Å². The van der Waals surface area contributed by atoms with E-state index in [0.29, 0.717) is 24.2 Å². The Morgan fingerprint density at radius 1 is 0.971 bits per heavy atom. The molecule has 2 amide bonds. The van der Waals surface area contributed by atoms with Gasteiger partial charge in [-0.05, 0) is 54.7 Å². The van der Waals surface area contributed by atoms with E-state index in [4.69, 9.17) is 4.74 Å². The highest BCUT2D eigenvalue weighted by molar-refractivity contribution is 6.04. The lowest BCUT2D eigenvalue weighted by atomic mass is 10.1. The van der Waals surface area contributed by atoms with E-state index in [1.807, 2.05) is 31.2 Å². The predicted molar refractivity (Wildman–Crippen MR) is 126 cm³/mol. The van der Waals surface area contributed by atoms with Crippen LogP contribution in [0.2, 0.25) is 0 Å². The third-order valence-corrected chi connectivity index (χ3v) is 5.76. The van der Waals surface area contributed by atoms with Crippen LogP contribution in [0.3, 0.4) is 0 Å². The van der Waals surface area contributed by atoms with Gasteiger partial charge in [-0.3, -0.25) is 14.4 Å². The number of para-hydroxylation sites is 1. The summed E-state index contributed by atoms with van der Waals surface area (Å²) in [5.74, 6) is -2.01. The molecule has 0 spiro atoms. The topological polar surface area (TPSA) is 84.5 Å². The molecule has 0 radical (unpaired) electrons. The number of amides is 2. The summed E-state index contributed by atoms with van der Waals surface area (Å²) in [5.41, 5.74) is 3.62. The van der Waals surface area contributed by atoms with Crippen LogP contribution in [0.5, 0.6) is 0 Å². The summed E-state index contributed by atoms with van der Waals surface area (Å²) in [4.78, 5) is 37.3. The van der Waals surface area contributed by atoms with Crippen LogP contribution in [-0.2, 0) is 20.9 Å². The number of carbonyl (C=O) groups excluding carboxylic acids is 3. The minimum atomic E-state index is -0.536. The SMILES string of the molecule is Cc1ccc(CNC(=O)c2ccccc2NC(=O)COC(=O)C2CC2c2ccc(F)cc2)cc1. The molecule has 4 rings (SSSR count). The van der Waals surface area contributed by atoms with Crippen molar-refractivity contribution in [2.75, 3.05) is 11.9 Å². The number of ether oxygens (including phenoxy) is 1. The molecule has 0 aromatic heterocycles. The third-order valence-electron chi connectivity index (χ3n) is 5.76. The summed E-state index contributed by atoms with van der Waals surface area (Å²) in [6.45, 7) is 1.90. The second-order valence-electron chi connectivity index (χ2n) is 8.37. The number of esters is 1. The number of nitrogens with one attached hydrogen (secondary N) is 2. The van der Waals surface area contributed by atoms with Crippen LogP contribution in [0, 0.1) is 18.7 Å². The summed E-state index contributed by atoms with van der Waals surface area (Å²) in [5, 5.41) is 5.49. The van der Waals surface area contributed by atoms with E-state index in [2.05, 4.69) is 10.6 Å². The molecule has 1 aliphatic carbocycles. The zero-order valence-electron chi connectivity index (χ0n) is 18.7. The second-order valence-corrected chi connectivity index (χ2v) is 8.37. The van der Waals surface area contributed by atoms with Crippen molar-refractivity contribution in [1.29, 1.82) is 0 Å². The quantitative estimate of drug-likeness (QED) is 0.490. The standard InChI is InChI=1S/C27H25FN2O4/c1-17-6-8-18(9-7-17)15-29-26(32)21-4-2-3-5-24(21)30-25(31)16-34-27(33)23-14-22(23)19-10-12-20(28)13-11-19/h2-13,22-23H,14-16H2,1H3,(H,29,32)(H,30,31). The molecule has 2 N–H and O–H groups in total. The first kappa shape index (κ1) is 23.2. The van der Waals surface area contributed by atoms with Gasteiger partial charge in [0, 0.05) is 6.54 Å². The maximum absolute atomic E-state index is 13.1. The summed E-state index contributed by atoms with van der Waals surface area (Å²) in [7, 11) is 0. The van der Waals surface area contributed by atoms with Gasteiger partial charge in [0.2, 0.25) is 0 Å². The molecular weight excluding hydrogens is 435 g/mol. The van der Waals surface area contributed by atoms with Crippen molar-refractivity contribution in [3.05, 3.63) is 101 Å². The van der Waals surface area contributed by atoms with Crippen molar-refractivity contribution in [2.45, 2.75) is 25.8 Å². The second kappa shape index (κ2) is 10.3. The van der Waals surface area contributed by atoms with Gasteiger partial charge in [-0.25, -0.2) is 4.39 Å². The largest absolute Gasteiger partial charge is 0.455 e. The zero-order chi connectivity index (χ0) is 24.1. The van der Waals surface area contributed by atoms with Crippen LogP contribution in [0.4, 0.5) is 10.1 Å². The first-order valence-corrected chi connectivity index (χ1v) is 11.1. The lowest BCUT2D eigenvalue weighted by Gasteiger charge is -2.12. The molecule has 2 atom stereocenters. The molecule has 0 bridgehead atoms. The van der Waals surface area contributed by atoms with Gasteiger partial charge in [-0.15, -0.1) is 0 Å². The van der Waals surface area contributed by atoms with Gasteiger partial charge in [0.1, 0.15) is 5.82 Å². The van der Waals surface area contributed by atoms with Gasteiger partial charge in [0.05, 0.1) is 17.2 Å². The van der Waals surface area contributed by atoms with Gasteiger partial charge in [-0.2, -0.15) is 0 Å². The molecule has 0 heterocycles. The Morgan fingerprint density at radius 3 is 2.41 bits per heavy atom. The number of halogens is 1. The van der Waals surface area contributed by atoms with Crippen molar-refractivity contribution in [3.8, 4) is 0 Å². The molecule has 34 heavy (non-hydrogen) atoms. The number of anilines is 1. The molecule has 2 unspecified atom stereocenters. The summed E-state index contributed by atoms with van der Waals surface area (Å²) < 4.78 is 18.2. The van der Waals surface area contributed by atoms with Gasteiger partial charge < -0.3 is 15.4 Å². The van der Waals surface area contributed by atoms with Gasteiger partial charge >= 0.3 is 5.97 Å². The first-order chi connectivity index (χ1) is 16.4. The van der Waals surface area contributed by atoms with Crippen molar-refractivity contribution >= 4 is 23.5 Å². The monoisotopic (exact) mass is 460 g/mol. The zero-order valence-corrected chi connectivity index (χ0v) is 18.7. The predicted octanol–water partition coefficient (Wildman–Crippen LogP) is 4.35. The molecule has 1 fully saturated rings. The lowest BCUT2D eigenvalue weighted by molar-refractivity contribution is -0.148. The third kappa shape index (κ3) is 5.86. The molecule has 7 heteroatoms. The van der Waals surface area contributed by atoms with E-state index in [0.717, 1.165) is 16.7 Å². The highest BCUT2D eigenvalue weighted by Crippen LogP contribution is 2.48. The number of hydrogen-bond acceptors (Lipinski definition) is 4. The number of hydrogen-bond donors (Lipinski definition) is 2. The highest BCUT2D eigenvalue weighted by Gasteiger charge is 2.45. The fourth-order valence-corrected chi connectivity index (χ4v) is 3.74. The van der Waals surface area contributed by atoms with Gasteiger partial charge in [0.25, 0.3) is 11.8 Å².